The molecular weight excluding hydrogens is 492 g/mol. The van der Waals surface area contributed by atoms with Crippen molar-refractivity contribution in [2.75, 3.05) is 7.05 Å². The summed E-state index contributed by atoms with van der Waals surface area (Å²) < 4.78 is 10.8. The molecule has 1 saturated heterocycles. The van der Waals surface area contributed by atoms with E-state index in [1.165, 1.54) is 4.90 Å². The predicted octanol–water partition coefficient (Wildman–Crippen LogP) is 2.03. The molecule has 0 saturated carbocycles. The van der Waals surface area contributed by atoms with Gasteiger partial charge in [0.1, 0.15) is 11.7 Å². The van der Waals surface area contributed by atoms with Gasteiger partial charge in [-0.1, -0.05) is 23.4 Å². The Labute approximate surface area is 214 Å². The summed E-state index contributed by atoms with van der Waals surface area (Å²) in [6, 6.07) is 10.4. The molecule has 4 aromatic rings. The molecule has 1 unspecified atom stereocenters. The number of furan rings is 1. The first-order valence-corrected chi connectivity index (χ1v) is 11.8. The average molecular weight is 512 g/mol. The Morgan fingerprint density at radius 1 is 1.13 bits per heavy atom. The lowest BCUT2D eigenvalue weighted by Gasteiger charge is -2.29. The lowest BCUT2D eigenvalue weighted by atomic mass is 10.0. The van der Waals surface area contributed by atoms with Crippen molar-refractivity contribution >= 4 is 34.7 Å². The Morgan fingerprint density at radius 3 is 2.82 bits per heavy atom. The number of imide groups is 2. The first kappa shape index (κ1) is 23.3. The summed E-state index contributed by atoms with van der Waals surface area (Å²) >= 11 is 0. The monoisotopic (exact) mass is 512 g/mol. The van der Waals surface area contributed by atoms with Crippen LogP contribution < -0.4 is 5.32 Å². The molecule has 1 atom stereocenters. The first-order valence-electron chi connectivity index (χ1n) is 11.8. The second kappa shape index (κ2) is 9.07. The van der Waals surface area contributed by atoms with E-state index in [0.717, 1.165) is 33.1 Å². The third kappa shape index (κ3) is 4.01. The number of rotatable bonds is 6. The predicted molar refractivity (Wildman–Crippen MR) is 130 cm³/mol. The molecule has 1 aromatic carbocycles. The van der Waals surface area contributed by atoms with Crippen molar-refractivity contribution in [3.63, 3.8) is 0 Å². The molecule has 2 aliphatic heterocycles. The number of likely N-dealkylation sites (N-methyl/N-ethyl adjacent to an activating group) is 1. The van der Waals surface area contributed by atoms with E-state index in [-0.39, 0.29) is 31.0 Å². The van der Waals surface area contributed by atoms with E-state index in [9.17, 15) is 19.2 Å². The van der Waals surface area contributed by atoms with E-state index < -0.39 is 29.7 Å². The minimum atomic E-state index is -1.03. The van der Waals surface area contributed by atoms with Crippen LogP contribution in [0.4, 0.5) is 0 Å². The molecule has 38 heavy (non-hydrogen) atoms. The van der Waals surface area contributed by atoms with E-state index in [2.05, 4.69) is 20.4 Å². The van der Waals surface area contributed by atoms with E-state index in [1.54, 1.807) is 19.5 Å². The van der Waals surface area contributed by atoms with Crippen LogP contribution in [0.5, 0.6) is 0 Å². The molecule has 6 rings (SSSR count). The highest BCUT2D eigenvalue weighted by Gasteiger charge is 2.43. The second-order valence-corrected chi connectivity index (χ2v) is 8.96. The molecule has 12 heteroatoms. The topological polar surface area (TPSA) is 152 Å². The van der Waals surface area contributed by atoms with Gasteiger partial charge in [0.15, 0.2) is 0 Å². The molecule has 1 fully saturated rings. The molecule has 0 spiro atoms. The number of fused-ring (bicyclic) bond motifs is 1. The molecule has 190 valence electrons. The molecule has 1 N–H and O–H groups in total. The number of benzene rings is 1. The quantitative estimate of drug-likeness (QED) is 0.380. The number of piperidine rings is 1. The fourth-order valence-electron chi connectivity index (χ4n) is 4.65. The normalized spacial score (nSPS) is 17.8. The second-order valence-electron chi connectivity index (χ2n) is 8.96. The molecule has 2 aliphatic rings. The van der Waals surface area contributed by atoms with Crippen molar-refractivity contribution in [3.05, 3.63) is 66.5 Å². The lowest BCUT2D eigenvalue weighted by molar-refractivity contribution is -0.150. The first-order chi connectivity index (χ1) is 18.4. The number of hydrogen-bond donors (Lipinski definition) is 1. The Kier molecular flexibility index (Phi) is 5.56. The molecular formula is C26H20N6O6. The Morgan fingerprint density at radius 2 is 1.97 bits per heavy atom. The third-order valence-corrected chi connectivity index (χ3v) is 6.51. The molecule has 12 nitrogen and oxygen atoms in total. The smallest absolute Gasteiger partial charge is 0.277 e. The standard InChI is InChI=1S/C26H20N6O6/c1-31(19-12-22(34)32(26(19)36)18-5-6-20(33)28-24(18)35)13-21-29-23(30-38-21)15-4-2-3-14(11-15)16-7-9-27-25-17(16)8-10-37-25/h2-4,7-12,18H,5-6,13H2,1H3,(H,28,33,35). The van der Waals surface area contributed by atoms with Gasteiger partial charge in [-0.3, -0.25) is 29.4 Å². The van der Waals surface area contributed by atoms with Gasteiger partial charge in [-0.05, 0) is 35.7 Å². The molecule has 4 amide bonds. The molecule has 0 radical (unpaired) electrons. The van der Waals surface area contributed by atoms with Gasteiger partial charge >= 0.3 is 0 Å². The van der Waals surface area contributed by atoms with E-state index in [0.29, 0.717) is 11.5 Å². The zero-order valence-corrected chi connectivity index (χ0v) is 20.1. The van der Waals surface area contributed by atoms with Gasteiger partial charge in [0, 0.05) is 36.7 Å². The molecule has 3 aromatic heterocycles. The van der Waals surface area contributed by atoms with Crippen LogP contribution in [0.15, 0.2) is 69.6 Å². The maximum absolute atomic E-state index is 13.0. The van der Waals surface area contributed by atoms with Gasteiger partial charge in [0.25, 0.3) is 11.8 Å². The van der Waals surface area contributed by atoms with Crippen molar-refractivity contribution in [1.29, 1.82) is 0 Å². The van der Waals surface area contributed by atoms with E-state index >= 15 is 0 Å². The minimum absolute atomic E-state index is 0.0543. The van der Waals surface area contributed by atoms with Gasteiger partial charge in [-0.25, -0.2) is 4.98 Å². The fraction of sp³-hybridized carbons (Fsp3) is 0.192. The van der Waals surface area contributed by atoms with Gasteiger partial charge in [-0.2, -0.15) is 4.98 Å². The Bertz CT molecular complexity index is 1650. The summed E-state index contributed by atoms with van der Waals surface area (Å²) in [5.41, 5.74) is 3.23. The zero-order chi connectivity index (χ0) is 26.4. The number of nitrogens with zero attached hydrogens (tertiary/aromatic N) is 5. The number of carbonyl (C=O) groups excluding carboxylic acids is 4. The van der Waals surface area contributed by atoms with Gasteiger partial charge < -0.3 is 13.8 Å². The molecule has 5 heterocycles. The van der Waals surface area contributed by atoms with Crippen LogP contribution >= 0.6 is 0 Å². The minimum Gasteiger partial charge on any atom is -0.446 e. The van der Waals surface area contributed by atoms with Crippen molar-refractivity contribution in [3.8, 4) is 22.5 Å². The highest BCUT2D eigenvalue weighted by Crippen LogP contribution is 2.31. The van der Waals surface area contributed by atoms with Crippen LogP contribution in [-0.4, -0.2) is 61.6 Å². The zero-order valence-electron chi connectivity index (χ0n) is 20.1. The average Bonchev–Trinajstić information content (AvgIpc) is 3.64. The van der Waals surface area contributed by atoms with Crippen LogP contribution in [-0.2, 0) is 25.7 Å². The van der Waals surface area contributed by atoms with Crippen LogP contribution in [0.1, 0.15) is 18.7 Å². The maximum atomic E-state index is 13.0. The fourth-order valence-corrected chi connectivity index (χ4v) is 4.65. The Hall–Kier alpha value is -5.13. The summed E-state index contributed by atoms with van der Waals surface area (Å²) in [7, 11) is 1.61. The highest BCUT2D eigenvalue weighted by molar-refractivity contribution is 6.18. The van der Waals surface area contributed by atoms with Crippen LogP contribution in [0, 0.1) is 0 Å². The van der Waals surface area contributed by atoms with E-state index in [1.807, 2.05) is 36.4 Å². The number of carbonyl (C=O) groups is 4. The van der Waals surface area contributed by atoms with Gasteiger partial charge in [-0.15, -0.1) is 0 Å². The van der Waals surface area contributed by atoms with Gasteiger partial charge in [0.05, 0.1) is 12.8 Å². The number of aromatic nitrogens is 3. The number of hydrogen-bond acceptors (Lipinski definition) is 10. The number of nitrogens with one attached hydrogen (secondary N) is 1. The van der Waals surface area contributed by atoms with Crippen molar-refractivity contribution in [1.82, 2.24) is 30.2 Å². The largest absolute Gasteiger partial charge is 0.446 e. The molecule has 0 bridgehead atoms. The lowest BCUT2D eigenvalue weighted by Crippen LogP contribution is -2.54. The van der Waals surface area contributed by atoms with Crippen LogP contribution in [0.2, 0.25) is 0 Å². The summed E-state index contributed by atoms with van der Waals surface area (Å²) in [5.74, 6) is -1.73. The van der Waals surface area contributed by atoms with Crippen molar-refractivity contribution in [2.24, 2.45) is 0 Å². The molecule has 0 aliphatic carbocycles. The summed E-state index contributed by atoms with van der Waals surface area (Å²) in [6.07, 6.45) is 4.58. The van der Waals surface area contributed by atoms with E-state index in [4.69, 9.17) is 8.94 Å². The van der Waals surface area contributed by atoms with Crippen LogP contribution in [0.3, 0.4) is 0 Å². The summed E-state index contributed by atoms with van der Waals surface area (Å²) in [4.78, 5) is 60.3. The SMILES string of the molecule is CN(Cc1nc(-c2cccc(-c3ccnc4occc34)c2)no1)C1=CC(=O)N(C2CCC(=O)NC2=O)C1=O. The van der Waals surface area contributed by atoms with Crippen molar-refractivity contribution < 1.29 is 28.1 Å². The van der Waals surface area contributed by atoms with Crippen LogP contribution in [0.25, 0.3) is 33.6 Å². The van der Waals surface area contributed by atoms with Gasteiger partial charge in [0.2, 0.25) is 29.2 Å². The number of amides is 4. The number of pyridine rings is 1. The van der Waals surface area contributed by atoms with Crippen molar-refractivity contribution in [2.45, 2.75) is 25.4 Å². The summed E-state index contributed by atoms with van der Waals surface area (Å²) in [6.45, 7) is 0.0563. The Balaban J connectivity index is 1.18. The maximum Gasteiger partial charge on any atom is 0.277 e. The third-order valence-electron chi connectivity index (χ3n) is 6.51. The summed E-state index contributed by atoms with van der Waals surface area (Å²) in [5, 5.41) is 7.14. The highest BCUT2D eigenvalue weighted by atomic mass is 16.5.